The predicted molar refractivity (Wildman–Crippen MR) is 111 cm³/mol. The quantitative estimate of drug-likeness (QED) is 0.724. The lowest BCUT2D eigenvalue weighted by atomic mass is 9.96. The summed E-state index contributed by atoms with van der Waals surface area (Å²) < 4.78 is 24.6. The normalized spacial score (nSPS) is 33.1. The van der Waals surface area contributed by atoms with Gasteiger partial charge >= 0.3 is 0 Å². The van der Waals surface area contributed by atoms with Crippen LogP contribution in [0.25, 0.3) is 0 Å². The van der Waals surface area contributed by atoms with Crippen LogP contribution in [-0.2, 0) is 23.4 Å². The molecule has 7 nitrogen and oxygen atoms in total. The molecule has 1 amide bonds. The molecule has 2 aliphatic rings. The first-order chi connectivity index (χ1) is 13.5. The summed E-state index contributed by atoms with van der Waals surface area (Å²) in [6.07, 6.45) is -3.27. The van der Waals surface area contributed by atoms with Crippen molar-refractivity contribution < 1.29 is 28.5 Å². The van der Waals surface area contributed by atoms with Gasteiger partial charge in [-0.2, -0.15) is 0 Å². The smallest absolute Gasteiger partial charge is 0.217 e. The number of fused-ring (bicyclic) bond motifs is 1. The van der Waals surface area contributed by atoms with Gasteiger partial charge < -0.3 is 29.1 Å². The lowest BCUT2D eigenvalue weighted by Gasteiger charge is -2.51. The van der Waals surface area contributed by atoms with Crippen LogP contribution in [-0.4, -0.2) is 56.6 Å². The van der Waals surface area contributed by atoms with Gasteiger partial charge in [-0.1, -0.05) is 51.1 Å². The van der Waals surface area contributed by atoms with Crippen molar-refractivity contribution in [3.63, 3.8) is 0 Å². The third-order valence-corrected chi connectivity index (χ3v) is 10.5. The van der Waals surface area contributed by atoms with Crippen molar-refractivity contribution in [2.75, 3.05) is 6.61 Å². The minimum absolute atomic E-state index is 0.0451. The number of aliphatic hydroxyl groups is 1. The number of hydrogen-bond donors (Lipinski definition) is 2. The maximum Gasteiger partial charge on any atom is 0.217 e. The number of rotatable bonds is 4. The van der Waals surface area contributed by atoms with Gasteiger partial charge in [-0.05, 0) is 18.1 Å². The topological polar surface area (TPSA) is 86.3 Å². The molecule has 0 spiro atoms. The molecule has 0 saturated carbocycles. The van der Waals surface area contributed by atoms with Crippen LogP contribution in [0, 0.1) is 0 Å². The minimum atomic E-state index is -2.23. The van der Waals surface area contributed by atoms with Crippen molar-refractivity contribution in [2.24, 2.45) is 0 Å². The fourth-order valence-corrected chi connectivity index (χ4v) is 4.73. The van der Waals surface area contributed by atoms with E-state index in [1.54, 1.807) is 0 Å². The molecule has 2 aliphatic heterocycles. The largest absolute Gasteiger partial charge is 0.409 e. The number of benzene rings is 1. The van der Waals surface area contributed by atoms with Crippen molar-refractivity contribution >= 4 is 14.2 Å². The fourth-order valence-electron chi connectivity index (χ4n) is 3.41. The average Bonchev–Trinajstić information content (AvgIpc) is 2.63. The standard InChI is InChI=1S/C21H33NO6Si/c1-13(23)22-16-18(28-29(5,6)21(2,3)4)17-15(26-19(16)24)12-25-20(27-17)14-10-8-7-9-11-14/h7-11,15-20,24H,12H2,1-6H3,(H,22,23)/t15-,16-,17-,18-,19?,20?/m1/s1. The van der Waals surface area contributed by atoms with Gasteiger partial charge in [-0.15, -0.1) is 0 Å². The zero-order valence-corrected chi connectivity index (χ0v) is 19.0. The minimum Gasteiger partial charge on any atom is -0.409 e. The molecule has 162 valence electrons. The molecular weight excluding hydrogens is 390 g/mol. The molecule has 3 rings (SSSR count). The molecule has 29 heavy (non-hydrogen) atoms. The summed E-state index contributed by atoms with van der Waals surface area (Å²) >= 11 is 0. The Morgan fingerprint density at radius 1 is 1.21 bits per heavy atom. The SMILES string of the molecule is CC(=O)N[C@H]1C(O)O[C@@H]2COC(c3ccccc3)O[C@H]2[C@@H]1O[Si](C)(C)C(C)(C)C. The zero-order valence-electron chi connectivity index (χ0n) is 18.0. The Balaban J connectivity index is 1.91. The second-order valence-corrected chi connectivity index (χ2v) is 14.1. The Hall–Kier alpha value is -1.29. The molecule has 2 N–H and O–H groups in total. The molecule has 0 bridgehead atoms. The maximum absolute atomic E-state index is 11.8. The van der Waals surface area contributed by atoms with Crippen LogP contribution in [0.15, 0.2) is 30.3 Å². The van der Waals surface area contributed by atoms with E-state index in [0.29, 0.717) is 0 Å². The summed E-state index contributed by atoms with van der Waals surface area (Å²) in [5, 5.41) is 13.4. The first kappa shape index (κ1) is 22.4. The van der Waals surface area contributed by atoms with E-state index in [4.69, 9.17) is 18.6 Å². The van der Waals surface area contributed by atoms with Crippen LogP contribution < -0.4 is 5.32 Å². The van der Waals surface area contributed by atoms with Crippen molar-refractivity contribution in [1.82, 2.24) is 5.32 Å². The number of nitrogens with one attached hydrogen (secondary N) is 1. The number of amides is 1. The first-order valence-corrected chi connectivity index (χ1v) is 13.0. The summed E-state index contributed by atoms with van der Waals surface area (Å²) in [6.45, 7) is 12.4. The number of hydrogen-bond acceptors (Lipinski definition) is 6. The molecule has 0 aliphatic carbocycles. The molecule has 2 saturated heterocycles. The highest BCUT2D eigenvalue weighted by Crippen LogP contribution is 2.41. The van der Waals surface area contributed by atoms with Crippen molar-refractivity contribution in [2.45, 2.75) is 82.8 Å². The van der Waals surface area contributed by atoms with Crippen LogP contribution >= 0.6 is 0 Å². The highest BCUT2D eigenvalue weighted by atomic mass is 28.4. The van der Waals surface area contributed by atoms with E-state index in [2.05, 4.69) is 39.2 Å². The van der Waals surface area contributed by atoms with Crippen molar-refractivity contribution in [1.29, 1.82) is 0 Å². The maximum atomic E-state index is 11.8. The summed E-state index contributed by atoms with van der Waals surface area (Å²) in [5.74, 6) is -0.258. The van der Waals surface area contributed by atoms with Crippen LogP contribution in [0.5, 0.6) is 0 Å². The molecular formula is C21H33NO6Si. The van der Waals surface area contributed by atoms with Crippen LogP contribution in [0.3, 0.4) is 0 Å². The molecule has 0 aromatic heterocycles. The number of carbonyl (C=O) groups excluding carboxylic acids is 1. The Bertz CT molecular complexity index is 707. The number of aliphatic hydroxyl groups excluding tert-OH is 1. The van der Waals surface area contributed by atoms with Gasteiger partial charge in [-0.3, -0.25) is 4.79 Å². The zero-order chi connectivity index (χ0) is 21.4. The molecule has 2 heterocycles. The summed E-state index contributed by atoms with van der Waals surface area (Å²) in [6, 6.07) is 8.96. The van der Waals surface area contributed by atoms with E-state index >= 15 is 0 Å². The second kappa shape index (κ2) is 8.45. The molecule has 1 aromatic carbocycles. The fraction of sp³-hybridized carbons (Fsp3) is 0.667. The lowest BCUT2D eigenvalue weighted by molar-refractivity contribution is -0.336. The van der Waals surface area contributed by atoms with E-state index in [9.17, 15) is 9.90 Å². The summed E-state index contributed by atoms with van der Waals surface area (Å²) in [5.41, 5.74) is 0.902. The van der Waals surface area contributed by atoms with Crippen molar-refractivity contribution in [3.05, 3.63) is 35.9 Å². The van der Waals surface area contributed by atoms with Gasteiger partial charge in [0.25, 0.3) is 0 Å². The van der Waals surface area contributed by atoms with Crippen molar-refractivity contribution in [3.8, 4) is 0 Å². The molecule has 2 fully saturated rings. The lowest BCUT2D eigenvalue weighted by Crippen LogP contribution is -2.68. The van der Waals surface area contributed by atoms with Crippen LogP contribution in [0.4, 0.5) is 0 Å². The molecule has 8 heteroatoms. The highest BCUT2D eigenvalue weighted by molar-refractivity contribution is 6.74. The monoisotopic (exact) mass is 423 g/mol. The predicted octanol–water partition coefficient (Wildman–Crippen LogP) is 2.71. The van der Waals surface area contributed by atoms with E-state index in [0.717, 1.165) is 5.56 Å². The van der Waals surface area contributed by atoms with E-state index in [-0.39, 0.29) is 17.6 Å². The van der Waals surface area contributed by atoms with Gasteiger partial charge in [0, 0.05) is 12.5 Å². The Labute approximate surface area is 173 Å². The highest BCUT2D eigenvalue weighted by Gasteiger charge is 2.53. The third-order valence-electron chi connectivity index (χ3n) is 6.04. The Morgan fingerprint density at radius 2 is 1.86 bits per heavy atom. The van der Waals surface area contributed by atoms with E-state index < -0.39 is 45.3 Å². The molecule has 0 radical (unpaired) electrons. The first-order valence-electron chi connectivity index (χ1n) is 10.1. The van der Waals surface area contributed by atoms with Gasteiger partial charge in [0.15, 0.2) is 20.9 Å². The Morgan fingerprint density at radius 3 is 2.45 bits per heavy atom. The van der Waals surface area contributed by atoms with Crippen LogP contribution in [0.1, 0.15) is 39.5 Å². The van der Waals surface area contributed by atoms with E-state index in [1.165, 1.54) is 6.92 Å². The molecule has 1 aromatic rings. The van der Waals surface area contributed by atoms with Crippen LogP contribution in [0.2, 0.25) is 18.1 Å². The molecule has 2 unspecified atom stereocenters. The number of ether oxygens (including phenoxy) is 3. The second-order valence-electron chi connectivity index (χ2n) is 9.31. The van der Waals surface area contributed by atoms with Gasteiger partial charge in [0.2, 0.25) is 5.91 Å². The summed E-state index contributed by atoms with van der Waals surface area (Å²) in [4.78, 5) is 11.8. The third kappa shape index (κ3) is 4.90. The average molecular weight is 424 g/mol. The van der Waals surface area contributed by atoms with Gasteiger partial charge in [0.1, 0.15) is 18.2 Å². The Kier molecular flexibility index (Phi) is 6.52. The molecule has 6 atom stereocenters. The number of carbonyl (C=O) groups is 1. The van der Waals surface area contributed by atoms with Gasteiger partial charge in [0.05, 0.1) is 12.7 Å². The van der Waals surface area contributed by atoms with E-state index in [1.807, 2.05) is 30.3 Å². The van der Waals surface area contributed by atoms with Gasteiger partial charge in [-0.25, -0.2) is 0 Å². The summed E-state index contributed by atoms with van der Waals surface area (Å²) in [7, 11) is -2.23.